The summed E-state index contributed by atoms with van der Waals surface area (Å²) in [5.74, 6) is 0.389. The van der Waals surface area contributed by atoms with Crippen molar-refractivity contribution in [3.8, 4) is 5.75 Å². The minimum Gasteiger partial charge on any atom is -0.508 e. The van der Waals surface area contributed by atoms with E-state index in [-0.39, 0.29) is 11.6 Å². The summed E-state index contributed by atoms with van der Waals surface area (Å²) in [6.07, 6.45) is 0.510. The molecule has 4 nitrogen and oxygen atoms in total. The molecule has 1 aromatic carbocycles. The highest BCUT2D eigenvalue weighted by Crippen LogP contribution is 2.14. The van der Waals surface area contributed by atoms with Gasteiger partial charge in [-0.2, -0.15) is 0 Å². The number of aromatic hydroxyl groups is 1. The Morgan fingerprint density at radius 1 is 1.54 bits per heavy atom. The molecule has 0 spiro atoms. The number of benzene rings is 1. The van der Waals surface area contributed by atoms with E-state index in [9.17, 15) is 0 Å². The Morgan fingerprint density at radius 3 is 2.92 bits per heavy atom. The third kappa shape index (κ3) is 3.46. The molecule has 0 fully saturated rings. The summed E-state index contributed by atoms with van der Waals surface area (Å²) in [6.45, 7) is 0.610. The quantitative estimate of drug-likeness (QED) is 0.413. The monoisotopic (exact) mass is 179 g/mol. The average Bonchev–Trinajstić information content (AvgIpc) is 2.03. The van der Waals surface area contributed by atoms with Crippen molar-refractivity contribution in [2.24, 2.45) is 5.73 Å². The van der Waals surface area contributed by atoms with Gasteiger partial charge >= 0.3 is 0 Å². The Bertz CT molecular complexity index is 299. The molecule has 0 aliphatic rings. The van der Waals surface area contributed by atoms with Gasteiger partial charge in [0.15, 0.2) is 0 Å². The van der Waals surface area contributed by atoms with E-state index in [2.05, 4.69) is 5.32 Å². The standard InChI is InChI=1S/C9H13N3O/c10-9(11)4-5-12-7-2-1-3-8(13)6-7/h1-3,6,12-13H,4-5H2,(H3,10,11). The van der Waals surface area contributed by atoms with Crippen molar-refractivity contribution in [3.05, 3.63) is 24.3 Å². The van der Waals surface area contributed by atoms with Crippen molar-refractivity contribution in [2.75, 3.05) is 11.9 Å². The van der Waals surface area contributed by atoms with Crippen LogP contribution in [0.4, 0.5) is 5.69 Å². The molecular formula is C9H13N3O. The van der Waals surface area contributed by atoms with Gasteiger partial charge in [-0.1, -0.05) is 6.07 Å². The molecule has 0 atom stereocenters. The van der Waals surface area contributed by atoms with Crippen LogP contribution in [-0.4, -0.2) is 17.5 Å². The van der Waals surface area contributed by atoms with Gasteiger partial charge in [-0.15, -0.1) is 0 Å². The van der Waals surface area contributed by atoms with Crippen LogP contribution in [0.25, 0.3) is 0 Å². The third-order valence-corrected chi connectivity index (χ3v) is 1.57. The lowest BCUT2D eigenvalue weighted by Gasteiger charge is -2.05. The number of nitrogens with one attached hydrogen (secondary N) is 2. The summed E-state index contributed by atoms with van der Waals surface area (Å²) in [5.41, 5.74) is 6.01. The van der Waals surface area contributed by atoms with E-state index < -0.39 is 0 Å². The molecule has 0 aromatic heterocycles. The number of hydrogen-bond acceptors (Lipinski definition) is 3. The second-order valence-electron chi connectivity index (χ2n) is 2.75. The largest absolute Gasteiger partial charge is 0.508 e. The van der Waals surface area contributed by atoms with Crippen molar-refractivity contribution in [2.45, 2.75) is 6.42 Å². The summed E-state index contributed by atoms with van der Waals surface area (Å²) in [6, 6.07) is 6.83. The zero-order valence-corrected chi connectivity index (χ0v) is 7.25. The summed E-state index contributed by atoms with van der Waals surface area (Å²) >= 11 is 0. The maximum absolute atomic E-state index is 9.11. The van der Waals surface area contributed by atoms with E-state index in [1.165, 1.54) is 0 Å². The maximum Gasteiger partial charge on any atom is 0.117 e. The zero-order chi connectivity index (χ0) is 9.68. The van der Waals surface area contributed by atoms with Gasteiger partial charge in [-0.25, -0.2) is 0 Å². The Kier molecular flexibility index (Phi) is 3.14. The van der Waals surface area contributed by atoms with Crippen LogP contribution in [0.5, 0.6) is 5.75 Å². The van der Waals surface area contributed by atoms with E-state index >= 15 is 0 Å². The first-order valence-electron chi connectivity index (χ1n) is 4.04. The summed E-state index contributed by atoms with van der Waals surface area (Å²) < 4.78 is 0. The van der Waals surface area contributed by atoms with Crippen LogP contribution >= 0.6 is 0 Å². The van der Waals surface area contributed by atoms with Crippen LogP contribution in [-0.2, 0) is 0 Å². The normalized spacial score (nSPS) is 9.54. The van der Waals surface area contributed by atoms with Crippen LogP contribution in [0, 0.1) is 5.41 Å². The fourth-order valence-electron chi connectivity index (χ4n) is 0.957. The molecule has 13 heavy (non-hydrogen) atoms. The zero-order valence-electron chi connectivity index (χ0n) is 7.25. The molecule has 5 N–H and O–H groups in total. The van der Waals surface area contributed by atoms with Gasteiger partial charge in [0.05, 0.1) is 5.84 Å². The molecule has 0 amide bonds. The molecule has 0 bridgehead atoms. The molecule has 0 aliphatic carbocycles. The van der Waals surface area contributed by atoms with Gasteiger partial charge in [0.2, 0.25) is 0 Å². The Balaban J connectivity index is 2.41. The van der Waals surface area contributed by atoms with E-state index in [4.69, 9.17) is 16.2 Å². The van der Waals surface area contributed by atoms with E-state index in [0.717, 1.165) is 5.69 Å². The van der Waals surface area contributed by atoms with Gasteiger partial charge in [0.25, 0.3) is 0 Å². The Hall–Kier alpha value is -1.71. The summed E-state index contributed by atoms with van der Waals surface area (Å²) in [5, 5.41) is 19.1. The van der Waals surface area contributed by atoms with Crippen LogP contribution in [0.3, 0.4) is 0 Å². The molecule has 0 saturated heterocycles. The molecule has 0 heterocycles. The van der Waals surface area contributed by atoms with E-state index in [0.29, 0.717) is 13.0 Å². The van der Waals surface area contributed by atoms with Crippen molar-refractivity contribution in [1.82, 2.24) is 0 Å². The van der Waals surface area contributed by atoms with Crippen molar-refractivity contribution >= 4 is 11.5 Å². The number of rotatable bonds is 4. The first-order valence-corrected chi connectivity index (χ1v) is 4.04. The molecule has 1 rings (SSSR count). The van der Waals surface area contributed by atoms with Crippen molar-refractivity contribution < 1.29 is 5.11 Å². The first-order chi connectivity index (χ1) is 6.18. The highest BCUT2D eigenvalue weighted by Gasteiger charge is 1.93. The first kappa shape index (κ1) is 9.38. The summed E-state index contributed by atoms with van der Waals surface area (Å²) in [4.78, 5) is 0. The summed E-state index contributed by atoms with van der Waals surface area (Å²) in [7, 11) is 0. The van der Waals surface area contributed by atoms with Crippen LogP contribution in [0.15, 0.2) is 24.3 Å². The third-order valence-electron chi connectivity index (χ3n) is 1.57. The fourth-order valence-corrected chi connectivity index (χ4v) is 0.957. The molecule has 0 saturated carbocycles. The second-order valence-corrected chi connectivity index (χ2v) is 2.75. The molecule has 0 aliphatic heterocycles. The van der Waals surface area contributed by atoms with Gasteiger partial charge in [-0.3, -0.25) is 5.41 Å². The highest BCUT2D eigenvalue weighted by molar-refractivity contribution is 5.77. The van der Waals surface area contributed by atoms with Gasteiger partial charge in [0.1, 0.15) is 5.75 Å². The van der Waals surface area contributed by atoms with Gasteiger partial charge in [-0.05, 0) is 12.1 Å². The van der Waals surface area contributed by atoms with Gasteiger partial charge < -0.3 is 16.2 Å². The topological polar surface area (TPSA) is 82.1 Å². The number of phenolic OH excluding ortho intramolecular Hbond substituents is 1. The number of amidine groups is 1. The van der Waals surface area contributed by atoms with Crippen LogP contribution in [0.2, 0.25) is 0 Å². The number of hydrogen-bond donors (Lipinski definition) is 4. The Labute approximate surface area is 76.9 Å². The van der Waals surface area contributed by atoms with Crippen LogP contribution < -0.4 is 11.1 Å². The molecule has 0 radical (unpaired) electrons. The number of anilines is 1. The van der Waals surface area contributed by atoms with Crippen molar-refractivity contribution in [1.29, 1.82) is 5.41 Å². The average molecular weight is 179 g/mol. The molecule has 70 valence electrons. The number of phenols is 1. The Morgan fingerprint density at radius 2 is 2.31 bits per heavy atom. The molecule has 0 unspecified atom stereocenters. The molecule has 4 heteroatoms. The lowest BCUT2D eigenvalue weighted by Crippen LogP contribution is -2.14. The maximum atomic E-state index is 9.11. The minimum atomic E-state index is 0.160. The lowest BCUT2D eigenvalue weighted by atomic mass is 10.3. The van der Waals surface area contributed by atoms with Crippen LogP contribution in [0.1, 0.15) is 6.42 Å². The predicted molar refractivity (Wildman–Crippen MR) is 53.1 cm³/mol. The second kappa shape index (κ2) is 4.35. The predicted octanol–water partition coefficient (Wildman–Crippen LogP) is 1.13. The van der Waals surface area contributed by atoms with Crippen molar-refractivity contribution in [3.63, 3.8) is 0 Å². The SMILES string of the molecule is N=C(N)CCNc1cccc(O)c1. The smallest absolute Gasteiger partial charge is 0.117 e. The molecule has 1 aromatic rings. The fraction of sp³-hybridized carbons (Fsp3) is 0.222. The van der Waals surface area contributed by atoms with E-state index in [1.807, 2.05) is 6.07 Å². The lowest BCUT2D eigenvalue weighted by molar-refractivity contribution is 0.475. The molecular weight excluding hydrogens is 166 g/mol. The minimum absolute atomic E-state index is 0.160. The number of nitrogens with two attached hydrogens (primary N) is 1. The van der Waals surface area contributed by atoms with Gasteiger partial charge in [0, 0.05) is 24.7 Å². The highest BCUT2D eigenvalue weighted by atomic mass is 16.3. The van der Waals surface area contributed by atoms with E-state index in [1.54, 1.807) is 18.2 Å².